The molecule has 3 aromatic rings. The summed E-state index contributed by atoms with van der Waals surface area (Å²) >= 11 is -0.0280. The molecule has 0 aromatic heterocycles. The van der Waals surface area contributed by atoms with E-state index in [4.69, 9.17) is 0 Å². The van der Waals surface area contributed by atoms with E-state index in [0.29, 0.717) is 5.56 Å². The summed E-state index contributed by atoms with van der Waals surface area (Å²) in [6, 6.07) is 25.4. The first-order valence-electron chi connectivity index (χ1n) is 6.90. The minimum atomic E-state index is -0.868. The van der Waals surface area contributed by atoms with E-state index in [9.17, 15) is 9.90 Å². The average Bonchev–Trinajstić information content (AvgIpc) is 2.56. The third kappa shape index (κ3) is 3.11. The summed E-state index contributed by atoms with van der Waals surface area (Å²) < 4.78 is 2.07. The molecular weight excluding hydrogens is 339 g/mol. The second kappa shape index (κ2) is 6.61. The average molecular weight is 353 g/mol. The van der Waals surface area contributed by atoms with Gasteiger partial charge in [-0.2, -0.15) is 0 Å². The van der Waals surface area contributed by atoms with Gasteiger partial charge in [-0.1, -0.05) is 0 Å². The van der Waals surface area contributed by atoms with E-state index in [1.54, 1.807) is 0 Å². The molecular formula is C19H14O2Se. The number of hydrogen-bond acceptors (Lipinski definition) is 1. The molecule has 2 nitrogen and oxygen atoms in total. The Kier molecular flexibility index (Phi) is 4.38. The molecule has 0 heterocycles. The molecule has 0 atom stereocenters. The van der Waals surface area contributed by atoms with Crippen molar-refractivity contribution in [2.75, 3.05) is 0 Å². The van der Waals surface area contributed by atoms with Crippen molar-refractivity contribution in [1.29, 1.82) is 0 Å². The zero-order valence-electron chi connectivity index (χ0n) is 11.8. The van der Waals surface area contributed by atoms with Crippen LogP contribution in [0.15, 0.2) is 78.9 Å². The van der Waals surface area contributed by atoms with Crippen molar-refractivity contribution >= 4 is 29.8 Å². The maximum absolute atomic E-state index is 11.8. The fourth-order valence-electron chi connectivity index (χ4n) is 2.31. The Balaban J connectivity index is 2.10. The Bertz CT molecular complexity index is 783. The molecule has 0 saturated heterocycles. The van der Waals surface area contributed by atoms with Gasteiger partial charge in [0.2, 0.25) is 0 Å². The van der Waals surface area contributed by atoms with Gasteiger partial charge in [0, 0.05) is 0 Å². The van der Waals surface area contributed by atoms with Crippen LogP contribution in [0.1, 0.15) is 10.4 Å². The first kappa shape index (κ1) is 14.6. The number of carboxylic acids is 1. The predicted octanol–water partition coefficient (Wildman–Crippen LogP) is 2.71. The van der Waals surface area contributed by atoms with Crippen LogP contribution < -0.4 is 8.92 Å². The summed E-state index contributed by atoms with van der Waals surface area (Å²) in [5, 5.41) is 9.70. The molecule has 0 fully saturated rings. The van der Waals surface area contributed by atoms with E-state index in [-0.39, 0.29) is 15.0 Å². The van der Waals surface area contributed by atoms with E-state index >= 15 is 0 Å². The third-order valence-electron chi connectivity index (χ3n) is 3.30. The molecule has 22 heavy (non-hydrogen) atoms. The molecule has 0 saturated carbocycles. The topological polar surface area (TPSA) is 37.3 Å². The van der Waals surface area contributed by atoms with Crippen molar-refractivity contribution < 1.29 is 9.90 Å². The monoisotopic (exact) mass is 354 g/mol. The fraction of sp³-hybridized carbons (Fsp3) is 0. The van der Waals surface area contributed by atoms with Crippen LogP contribution in [-0.4, -0.2) is 26.0 Å². The van der Waals surface area contributed by atoms with Crippen molar-refractivity contribution in [3.05, 3.63) is 84.4 Å². The standard InChI is InChI=1S/C19H14O2Se/c20-19(21)18-16(14-8-3-1-4-9-14)12-7-13-17(18)22-15-10-5-2-6-11-15/h1-13H,(H,20,21). The van der Waals surface area contributed by atoms with E-state index < -0.39 is 5.97 Å². The first-order chi connectivity index (χ1) is 10.8. The molecule has 3 rings (SSSR count). The summed E-state index contributed by atoms with van der Waals surface area (Å²) in [5.74, 6) is -0.868. The van der Waals surface area contributed by atoms with Crippen molar-refractivity contribution in [3.8, 4) is 11.1 Å². The van der Waals surface area contributed by atoms with Crippen LogP contribution in [-0.2, 0) is 0 Å². The summed E-state index contributed by atoms with van der Waals surface area (Å²) in [4.78, 5) is 11.8. The molecule has 0 bridgehead atoms. The molecule has 0 radical (unpaired) electrons. The summed E-state index contributed by atoms with van der Waals surface area (Å²) in [7, 11) is 0. The van der Waals surface area contributed by atoms with Gasteiger partial charge in [-0.3, -0.25) is 0 Å². The van der Waals surface area contributed by atoms with Gasteiger partial charge in [0.1, 0.15) is 0 Å². The summed E-state index contributed by atoms with van der Waals surface area (Å²) in [6.07, 6.45) is 0. The number of rotatable bonds is 4. The first-order valence-corrected chi connectivity index (χ1v) is 8.61. The van der Waals surface area contributed by atoms with E-state index in [2.05, 4.69) is 0 Å². The minimum absolute atomic E-state index is 0.0280. The van der Waals surface area contributed by atoms with Gasteiger partial charge in [-0.05, 0) is 0 Å². The number of hydrogen-bond donors (Lipinski definition) is 1. The molecule has 0 unspecified atom stereocenters. The zero-order valence-corrected chi connectivity index (χ0v) is 13.5. The van der Waals surface area contributed by atoms with Crippen LogP contribution in [0.2, 0.25) is 0 Å². The Labute approximate surface area is 135 Å². The van der Waals surface area contributed by atoms with Crippen molar-refractivity contribution in [2.24, 2.45) is 0 Å². The van der Waals surface area contributed by atoms with Crippen molar-refractivity contribution in [3.63, 3.8) is 0 Å². The zero-order chi connectivity index (χ0) is 15.4. The summed E-state index contributed by atoms with van der Waals surface area (Å²) in [6.45, 7) is 0. The molecule has 0 amide bonds. The summed E-state index contributed by atoms with van der Waals surface area (Å²) in [5.41, 5.74) is 2.13. The molecule has 108 valence electrons. The van der Waals surface area contributed by atoms with E-state index in [1.807, 2.05) is 78.9 Å². The Morgan fingerprint density at radius 2 is 1.41 bits per heavy atom. The number of carbonyl (C=O) groups is 1. The Morgan fingerprint density at radius 1 is 0.773 bits per heavy atom. The number of benzene rings is 3. The Hall–Kier alpha value is -2.35. The van der Waals surface area contributed by atoms with Gasteiger partial charge in [0.25, 0.3) is 0 Å². The van der Waals surface area contributed by atoms with Crippen molar-refractivity contribution in [1.82, 2.24) is 0 Å². The van der Waals surface area contributed by atoms with Gasteiger partial charge < -0.3 is 0 Å². The number of aromatic carboxylic acids is 1. The van der Waals surface area contributed by atoms with Gasteiger partial charge in [0.15, 0.2) is 0 Å². The second-order valence-electron chi connectivity index (χ2n) is 4.77. The van der Waals surface area contributed by atoms with E-state index in [0.717, 1.165) is 15.6 Å². The molecule has 0 aliphatic carbocycles. The molecule has 0 spiro atoms. The van der Waals surface area contributed by atoms with Crippen molar-refractivity contribution in [2.45, 2.75) is 0 Å². The van der Waals surface area contributed by atoms with Gasteiger partial charge in [-0.25, -0.2) is 0 Å². The van der Waals surface area contributed by atoms with Crippen LogP contribution in [0.5, 0.6) is 0 Å². The normalized spacial score (nSPS) is 10.4. The second-order valence-corrected chi connectivity index (χ2v) is 7.11. The van der Waals surface area contributed by atoms with Crippen LogP contribution in [0.4, 0.5) is 0 Å². The number of carboxylic acid groups (broad SMARTS) is 1. The SMILES string of the molecule is O=C(O)c1c([Se]c2ccccc2)cccc1-c1ccccc1. The fourth-order valence-corrected chi connectivity index (χ4v) is 4.39. The van der Waals surface area contributed by atoms with Gasteiger partial charge in [0.05, 0.1) is 0 Å². The van der Waals surface area contributed by atoms with E-state index in [1.165, 1.54) is 4.46 Å². The van der Waals surface area contributed by atoms with Gasteiger partial charge in [-0.15, -0.1) is 0 Å². The Morgan fingerprint density at radius 3 is 2.05 bits per heavy atom. The predicted molar refractivity (Wildman–Crippen MR) is 90.3 cm³/mol. The molecule has 0 aliphatic rings. The van der Waals surface area contributed by atoms with Crippen LogP contribution in [0.3, 0.4) is 0 Å². The molecule has 1 N–H and O–H groups in total. The van der Waals surface area contributed by atoms with Crippen LogP contribution in [0.25, 0.3) is 11.1 Å². The quantitative estimate of drug-likeness (QED) is 0.733. The molecule has 3 aromatic carbocycles. The molecule has 3 heteroatoms. The van der Waals surface area contributed by atoms with Crippen LogP contribution >= 0.6 is 0 Å². The van der Waals surface area contributed by atoms with Crippen LogP contribution in [0, 0.1) is 0 Å². The maximum atomic E-state index is 11.8. The molecule has 0 aliphatic heterocycles. The van der Waals surface area contributed by atoms with Gasteiger partial charge >= 0.3 is 135 Å². The third-order valence-corrected chi connectivity index (χ3v) is 5.54.